The normalized spacial score (nSPS) is 24.2. The van der Waals surface area contributed by atoms with Gasteiger partial charge >= 0.3 is 6.18 Å². The summed E-state index contributed by atoms with van der Waals surface area (Å²) in [7, 11) is 8.15. The van der Waals surface area contributed by atoms with Crippen molar-refractivity contribution >= 4 is 0 Å². The molecular formula is C26H52F3N3O3. The Bertz CT molecular complexity index is 536. The summed E-state index contributed by atoms with van der Waals surface area (Å²) in [5.74, 6) is 0. The molecule has 0 aromatic carbocycles. The molecule has 6 nitrogen and oxygen atoms in total. The molecule has 3 fully saturated rings. The van der Waals surface area contributed by atoms with Crippen LogP contribution in [-0.4, -0.2) is 119 Å². The Hall–Kier alpha value is -0.450. The van der Waals surface area contributed by atoms with Crippen LogP contribution >= 0.6 is 0 Å². The predicted molar refractivity (Wildman–Crippen MR) is 136 cm³/mol. The lowest BCUT2D eigenvalue weighted by Gasteiger charge is -2.38. The molecule has 3 aliphatic rings. The number of alkyl halides is 3. The molecule has 3 saturated heterocycles. The molecule has 3 rings (SSSR count). The molecule has 0 aliphatic carbocycles. The molecule has 35 heavy (non-hydrogen) atoms. The van der Waals surface area contributed by atoms with Crippen molar-refractivity contribution < 1.29 is 27.4 Å². The van der Waals surface area contributed by atoms with E-state index in [1.165, 1.54) is 51.9 Å². The SMILES string of the molecule is CCC1(OC)CCN(C)CC1.CCOC1(C)CCN(C)CC1.CN1CCC(OCC(F)(F)F)CC1. The van der Waals surface area contributed by atoms with Gasteiger partial charge in [-0.1, -0.05) is 6.92 Å². The van der Waals surface area contributed by atoms with Crippen LogP contribution in [0.15, 0.2) is 0 Å². The minimum Gasteiger partial charge on any atom is -0.378 e. The Kier molecular flexibility index (Phi) is 14.6. The number of nitrogens with zero attached hydrogens (tertiary/aromatic N) is 3. The van der Waals surface area contributed by atoms with Gasteiger partial charge in [0.25, 0.3) is 0 Å². The summed E-state index contributed by atoms with van der Waals surface area (Å²) in [6.45, 7) is 12.6. The summed E-state index contributed by atoms with van der Waals surface area (Å²) >= 11 is 0. The zero-order valence-corrected chi connectivity index (χ0v) is 23.4. The zero-order valence-electron chi connectivity index (χ0n) is 23.4. The van der Waals surface area contributed by atoms with Crippen molar-refractivity contribution in [3.8, 4) is 0 Å². The van der Waals surface area contributed by atoms with Crippen LogP contribution in [0.1, 0.15) is 65.7 Å². The van der Waals surface area contributed by atoms with Crippen LogP contribution in [0.3, 0.4) is 0 Å². The standard InChI is InChI=1S/2C9H19NO.C8H14F3NO/c1-4-9(11-3)5-7-10(2)8-6-9;1-4-11-9(2)5-7-10(3)8-6-9;1-12-4-2-7(3-5-12)13-6-8(9,10)11/h2*4-8H2,1-3H3;7H,2-6H2,1H3. The number of ether oxygens (including phenoxy) is 3. The van der Waals surface area contributed by atoms with Crippen LogP contribution in [0.4, 0.5) is 13.2 Å². The Balaban J connectivity index is 0.000000264. The third-order valence-electron chi connectivity index (χ3n) is 7.66. The molecule has 9 heteroatoms. The number of hydrogen-bond donors (Lipinski definition) is 0. The molecule has 0 bridgehead atoms. The molecule has 0 amide bonds. The quantitative estimate of drug-likeness (QED) is 0.516. The second-order valence-electron chi connectivity index (χ2n) is 10.7. The summed E-state index contributed by atoms with van der Waals surface area (Å²) in [4.78, 5) is 6.82. The first-order valence-corrected chi connectivity index (χ1v) is 13.3. The van der Waals surface area contributed by atoms with Crippen LogP contribution < -0.4 is 0 Å². The number of methoxy groups -OCH3 is 1. The average Bonchev–Trinajstić information content (AvgIpc) is 2.82. The van der Waals surface area contributed by atoms with Crippen molar-refractivity contribution in [2.75, 3.05) is 80.7 Å². The van der Waals surface area contributed by atoms with Crippen molar-refractivity contribution in [3.63, 3.8) is 0 Å². The first-order valence-electron chi connectivity index (χ1n) is 13.3. The van der Waals surface area contributed by atoms with E-state index in [1.54, 1.807) is 0 Å². The molecule has 210 valence electrons. The van der Waals surface area contributed by atoms with E-state index in [9.17, 15) is 13.2 Å². The number of likely N-dealkylation sites (tertiary alicyclic amines) is 3. The lowest BCUT2D eigenvalue weighted by atomic mass is 9.89. The van der Waals surface area contributed by atoms with Crippen LogP contribution in [0.2, 0.25) is 0 Å². The lowest BCUT2D eigenvalue weighted by Crippen LogP contribution is -2.43. The minimum atomic E-state index is -4.19. The fourth-order valence-electron chi connectivity index (χ4n) is 4.68. The van der Waals surface area contributed by atoms with Crippen molar-refractivity contribution in [1.29, 1.82) is 0 Å². The van der Waals surface area contributed by atoms with E-state index in [-0.39, 0.29) is 17.3 Å². The molecule has 0 spiro atoms. The third-order valence-corrected chi connectivity index (χ3v) is 7.66. The van der Waals surface area contributed by atoms with E-state index in [0.29, 0.717) is 12.8 Å². The lowest BCUT2D eigenvalue weighted by molar-refractivity contribution is -0.188. The van der Waals surface area contributed by atoms with Gasteiger partial charge in [-0.05, 0) is 79.9 Å². The summed E-state index contributed by atoms with van der Waals surface area (Å²) in [5, 5.41) is 0. The van der Waals surface area contributed by atoms with E-state index in [2.05, 4.69) is 49.6 Å². The van der Waals surface area contributed by atoms with Crippen molar-refractivity contribution in [2.24, 2.45) is 0 Å². The summed E-state index contributed by atoms with van der Waals surface area (Å²) < 4.78 is 51.2. The minimum absolute atomic E-state index is 0.168. The van der Waals surface area contributed by atoms with E-state index < -0.39 is 12.8 Å². The van der Waals surface area contributed by atoms with Gasteiger partial charge in [0.2, 0.25) is 0 Å². The topological polar surface area (TPSA) is 37.4 Å². The molecule has 3 aliphatic heterocycles. The molecule has 0 atom stereocenters. The molecule has 0 radical (unpaired) electrons. The molecule has 0 N–H and O–H groups in total. The molecule has 0 saturated carbocycles. The Labute approximate surface area is 212 Å². The molecule has 3 heterocycles. The van der Waals surface area contributed by atoms with E-state index in [0.717, 1.165) is 26.1 Å². The van der Waals surface area contributed by atoms with E-state index in [1.807, 2.05) is 14.2 Å². The van der Waals surface area contributed by atoms with Gasteiger partial charge in [0.15, 0.2) is 0 Å². The summed E-state index contributed by atoms with van der Waals surface area (Å²) in [6.07, 6.45) is 2.89. The van der Waals surface area contributed by atoms with Crippen LogP contribution in [0, 0.1) is 0 Å². The predicted octanol–water partition coefficient (Wildman–Crippen LogP) is 4.67. The number of rotatable bonds is 6. The largest absolute Gasteiger partial charge is 0.411 e. The first-order chi connectivity index (χ1) is 16.4. The van der Waals surface area contributed by atoms with E-state index >= 15 is 0 Å². The fraction of sp³-hybridized carbons (Fsp3) is 1.00. The maximum Gasteiger partial charge on any atom is 0.411 e. The number of halogens is 3. The maximum atomic E-state index is 11.8. The Morgan fingerprint density at radius 3 is 1.66 bits per heavy atom. The van der Waals surface area contributed by atoms with Gasteiger partial charge in [-0.15, -0.1) is 0 Å². The number of piperidine rings is 3. The van der Waals surface area contributed by atoms with Crippen LogP contribution in [0.25, 0.3) is 0 Å². The highest BCUT2D eigenvalue weighted by Gasteiger charge is 2.32. The van der Waals surface area contributed by atoms with Crippen LogP contribution in [-0.2, 0) is 14.2 Å². The third kappa shape index (κ3) is 13.6. The van der Waals surface area contributed by atoms with Gasteiger partial charge in [0.05, 0.1) is 17.3 Å². The van der Waals surface area contributed by atoms with Gasteiger partial charge in [-0.25, -0.2) is 0 Å². The average molecular weight is 512 g/mol. The number of hydrogen-bond acceptors (Lipinski definition) is 6. The Morgan fingerprint density at radius 1 is 0.800 bits per heavy atom. The first kappa shape index (κ1) is 32.6. The second-order valence-corrected chi connectivity index (χ2v) is 10.7. The highest BCUT2D eigenvalue weighted by molar-refractivity contribution is 4.85. The summed E-state index contributed by atoms with van der Waals surface area (Å²) in [6, 6.07) is 0. The maximum absolute atomic E-state index is 11.8. The van der Waals surface area contributed by atoms with Gasteiger partial charge < -0.3 is 28.9 Å². The van der Waals surface area contributed by atoms with Gasteiger partial charge in [-0.2, -0.15) is 13.2 Å². The molecule has 0 unspecified atom stereocenters. The van der Waals surface area contributed by atoms with Gasteiger partial charge in [-0.3, -0.25) is 0 Å². The zero-order chi connectivity index (χ0) is 26.5. The summed E-state index contributed by atoms with van der Waals surface area (Å²) in [5.41, 5.74) is 0.369. The molecule has 0 aromatic heterocycles. The monoisotopic (exact) mass is 511 g/mol. The fourth-order valence-corrected chi connectivity index (χ4v) is 4.68. The van der Waals surface area contributed by atoms with Crippen LogP contribution in [0.5, 0.6) is 0 Å². The second kappa shape index (κ2) is 15.7. The molecular weight excluding hydrogens is 459 g/mol. The van der Waals surface area contributed by atoms with Crippen molar-refractivity contribution in [1.82, 2.24) is 14.7 Å². The van der Waals surface area contributed by atoms with Crippen molar-refractivity contribution in [3.05, 3.63) is 0 Å². The highest BCUT2D eigenvalue weighted by atomic mass is 19.4. The van der Waals surface area contributed by atoms with Gasteiger partial charge in [0, 0.05) is 53.0 Å². The van der Waals surface area contributed by atoms with E-state index in [4.69, 9.17) is 14.2 Å². The van der Waals surface area contributed by atoms with Crippen molar-refractivity contribution in [2.45, 2.75) is 89.2 Å². The van der Waals surface area contributed by atoms with Gasteiger partial charge in [0.1, 0.15) is 6.61 Å². The highest BCUT2D eigenvalue weighted by Crippen LogP contribution is 2.28. The smallest absolute Gasteiger partial charge is 0.378 e. The molecule has 0 aromatic rings. The Morgan fingerprint density at radius 2 is 1.26 bits per heavy atom.